The largest absolute Gasteiger partial charge is 0.369 e. The number of ether oxygens (including phenoxy) is 1. The lowest BCUT2D eigenvalue weighted by molar-refractivity contribution is -0.160. The second kappa shape index (κ2) is 5.17. The molecule has 1 N–H and O–H groups in total. The molecular weight excluding hydrogens is 228 g/mol. The molecule has 0 spiro atoms. The van der Waals surface area contributed by atoms with Gasteiger partial charge in [0, 0.05) is 19.1 Å². The summed E-state index contributed by atoms with van der Waals surface area (Å²) in [7, 11) is 0. The van der Waals surface area contributed by atoms with E-state index in [0.717, 1.165) is 19.4 Å². The summed E-state index contributed by atoms with van der Waals surface area (Å²) in [5, 5.41) is 3.42. The minimum atomic E-state index is -0.229. The Bertz CT molecular complexity index is 317. The number of amides is 1. The maximum atomic E-state index is 12.5. The van der Waals surface area contributed by atoms with E-state index in [1.165, 1.54) is 6.42 Å². The molecule has 0 aromatic heterocycles. The molecule has 3 unspecified atom stereocenters. The number of nitrogens with zero attached hydrogens (tertiary/aromatic N) is 1. The SMILES string of the molecule is CC1CCCC(C(=O)N2CC(C)OC(C)(C)C2)N1. The van der Waals surface area contributed by atoms with E-state index in [0.29, 0.717) is 12.6 Å². The first-order valence-corrected chi connectivity index (χ1v) is 7.10. The molecule has 3 atom stereocenters. The summed E-state index contributed by atoms with van der Waals surface area (Å²) in [6, 6.07) is 0.467. The zero-order valence-corrected chi connectivity index (χ0v) is 12.0. The van der Waals surface area contributed by atoms with Crippen LogP contribution < -0.4 is 5.32 Å². The number of rotatable bonds is 1. The molecular formula is C14H26N2O2. The van der Waals surface area contributed by atoms with Gasteiger partial charge in [-0.05, 0) is 47.0 Å². The molecule has 2 aliphatic heterocycles. The van der Waals surface area contributed by atoms with Crippen molar-refractivity contribution in [3.63, 3.8) is 0 Å². The predicted molar refractivity (Wildman–Crippen MR) is 71.4 cm³/mol. The number of carbonyl (C=O) groups excluding carboxylic acids is 1. The first kappa shape index (κ1) is 13.8. The zero-order valence-electron chi connectivity index (χ0n) is 12.0. The molecule has 2 fully saturated rings. The fourth-order valence-electron chi connectivity index (χ4n) is 3.18. The van der Waals surface area contributed by atoms with Crippen LogP contribution in [-0.2, 0) is 9.53 Å². The molecule has 2 heterocycles. The van der Waals surface area contributed by atoms with Crippen molar-refractivity contribution in [3.05, 3.63) is 0 Å². The highest BCUT2D eigenvalue weighted by molar-refractivity contribution is 5.82. The number of hydrogen-bond donors (Lipinski definition) is 1. The zero-order chi connectivity index (χ0) is 13.3. The maximum Gasteiger partial charge on any atom is 0.239 e. The van der Waals surface area contributed by atoms with Crippen LogP contribution >= 0.6 is 0 Å². The summed E-state index contributed by atoms with van der Waals surface area (Å²) in [6.07, 6.45) is 3.41. The van der Waals surface area contributed by atoms with Crippen LogP contribution in [0, 0.1) is 0 Å². The quantitative estimate of drug-likeness (QED) is 0.772. The lowest BCUT2D eigenvalue weighted by Gasteiger charge is -2.43. The van der Waals surface area contributed by atoms with E-state index in [-0.39, 0.29) is 23.7 Å². The second-order valence-electron chi connectivity index (χ2n) is 6.46. The van der Waals surface area contributed by atoms with Crippen LogP contribution in [0.1, 0.15) is 47.0 Å². The van der Waals surface area contributed by atoms with E-state index in [2.05, 4.69) is 26.1 Å². The third-order valence-electron chi connectivity index (χ3n) is 3.79. The summed E-state index contributed by atoms with van der Waals surface area (Å²) >= 11 is 0. The fraction of sp³-hybridized carbons (Fsp3) is 0.929. The van der Waals surface area contributed by atoms with Crippen LogP contribution in [0.25, 0.3) is 0 Å². The van der Waals surface area contributed by atoms with Crippen molar-refractivity contribution in [2.45, 2.75) is 70.7 Å². The fourth-order valence-corrected chi connectivity index (χ4v) is 3.18. The molecule has 0 aromatic rings. The number of hydrogen-bond acceptors (Lipinski definition) is 3. The van der Waals surface area contributed by atoms with Crippen LogP contribution in [0.2, 0.25) is 0 Å². The third-order valence-corrected chi connectivity index (χ3v) is 3.79. The van der Waals surface area contributed by atoms with Gasteiger partial charge in [-0.25, -0.2) is 0 Å². The van der Waals surface area contributed by atoms with Crippen molar-refractivity contribution >= 4 is 5.91 Å². The van der Waals surface area contributed by atoms with E-state index >= 15 is 0 Å². The number of morpholine rings is 1. The topological polar surface area (TPSA) is 41.6 Å². The number of carbonyl (C=O) groups is 1. The Morgan fingerprint density at radius 2 is 2.06 bits per heavy atom. The minimum Gasteiger partial charge on any atom is -0.369 e. The van der Waals surface area contributed by atoms with E-state index in [4.69, 9.17) is 4.74 Å². The molecule has 2 rings (SSSR count). The van der Waals surface area contributed by atoms with Gasteiger partial charge in [0.1, 0.15) is 0 Å². The van der Waals surface area contributed by atoms with Gasteiger partial charge in [0.25, 0.3) is 0 Å². The number of piperidine rings is 1. The van der Waals surface area contributed by atoms with E-state index in [1.807, 2.05) is 11.8 Å². The van der Waals surface area contributed by atoms with Crippen LogP contribution in [0.5, 0.6) is 0 Å². The highest BCUT2D eigenvalue weighted by Crippen LogP contribution is 2.23. The normalized spacial score (nSPS) is 36.4. The molecule has 2 aliphatic rings. The molecule has 4 nitrogen and oxygen atoms in total. The number of nitrogens with one attached hydrogen (secondary N) is 1. The maximum absolute atomic E-state index is 12.5. The van der Waals surface area contributed by atoms with Crippen molar-refractivity contribution in [1.29, 1.82) is 0 Å². The Kier molecular flexibility index (Phi) is 3.97. The van der Waals surface area contributed by atoms with Gasteiger partial charge in [0.15, 0.2) is 0 Å². The highest BCUT2D eigenvalue weighted by atomic mass is 16.5. The molecule has 0 saturated carbocycles. The van der Waals surface area contributed by atoms with E-state index in [1.54, 1.807) is 0 Å². The summed E-state index contributed by atoms with van der Waals surface area (Å²) in [4.78, 5) is 14.5. The van der Waals surface area contributed by atoms with Gasteiger partial charge in [-0.1, -0.05) is 0 Å². The van der Waals surface area contributed by atoms with Crippen molar-refractivity contribution in [2.75, 3.05) is 13.1 Å². The van der Waals surface area contributed by atoms with Gasteiger partial charge in [-0.2, -0.15) is 0 Å². The molecule has 0 bridgehead atoms. The summed E-state index contributed by atoms with van der Waals surface area (Å²) in [5.74, 6) is 0.254. The first-order valence-electron chi connectivity index (χ1n) is 7.10. The van der Waals surface area contributed by atoms with Gasteiger partial charge in [0.2, 0.25) is 5.91 Å². The molecule has 4 heteroatoms. The average Bonchev–Trinajstić information content (AvgIpc) is 2.25. The molecule has 18 heavy (non-hydrogen) atoms. The Labute approximate surface area is 110 Å². The van der Waals surface area contributed by atoms with Crippen LogP contribution in [-0.4, -0.2) is 47.7 Å². The van der Waals surface area contributed by atoms with Gasteiger partial charge in [-0.15, -0.1) is 0 Å². The van der Waals surface area contributed by atoms with Crippen molar-refractivity contribution in [2.24, 2.45) is 0 Å². The summed E-state index contributed by atoms with van der Waals surface area (Å²) in [6.45, 7) is 9.72. The summed E-state index contributed by atoms with van der Waals surface area (Å²) < 4.78 is 5.85. The van der Waals surface area contributed by atoms with Gasteiger partial charge in [0.05, 0.1) is 17.7 Å². The molecule has 0 aliphatic carbocycles. The average molecular weight is 254 g/mol. The molecule has 2 saturated heterocycles. The Morgan fingerprint density at radius 1 is 1.33 bits per heavy atom. The highest BCUT2D eigenvalue weighted by Gasteiger charge is 2.36. The van der Waals surface area contributed by atoms with Gasteiger partial charge < -0.3 is 15.0 Å². The van der Waals surface area contributed by atoms with Crippen molar-refractivity contribution in [3.8, 4) is 0 Å². The molecule has 1 amide bonds. The lowest BCUT2D eigenvalue weighted by atomic mass is 9.97. The Morgan fingerprint density at radius 3 is 2.67 bits per heavy atom. The summed E-state index contributed by atoms with van der Waals surface area (Å²) in [5.41, 5.74) is -0.229. The second-order valence-corrected chi connectivity index (χ2v) is 6.46. The minimum absolute atomic E-state index is 0.00912. The lowest BCUT2D eigenvalue weighted by Crippen LogP contribution is -2.59. The Balaban J connectivity index is 1.99. The standard InChI is InChI=1S/C14H26N2O2/c1-10-6-5-7-12(15-10)13(17)16-8-11(2)18-14(3,4)9-16/h10-12,15H,5-9H2,1-4H3. The predicted octanol–water partition coefficient (Wildman–Crippen LogP) is 1.54. The van der Waals surface area contributed by atoms with Crippen LogP contribution in [0.4, 0.5) is 0 Å². The van der Waals surface area contributed by atoms with Gasteiger partial charge >= 0.3 is 0 Å². The Hall–Kier alpha value is -0.610. The van der Waals surface area contributed by atoms with E-state index < -0.39 is 0 Å². The van der Waals surface area contributed by atoms with Crippen LogP contribution in [0.3, 0.4) is 0 Å². The molecule has 104 valence electrons. The third kappa shape index (κ3) is 3.23. The van der Waals surface area contributed by atoms with Crippen molar-refractivity contribution in [1.82, 2.24) is 10.2 Å². The molecule has 0 aromatic carbocycles. The molecule has 0 radical (unpaired) electrons. The van der Waals surface area contributed by atoms with Gasteiger partial charge in [-0.3, -0.25) is 4.79 Å². The van der Waals surface area contributed by atoms with Crippen molar-refractivity contribution < 1.29 is 9.53 Å². The van der Waals surface area contributed by atoms with Crippen LogP contribution in [0.15, 0.2) is 0 Å². The monoisotopic (exact) mass is 254 g/mol. The first-order chi connectivity index (χ1) is 8.37. The van der Waals surface area contributed by atoms with E-state index in [9.17, 15) is 4.79 Å². The smallest absolute Gasteiger partial charge is 0.239 e.